The molecule has 2 heterocycles. The summed E-state index contributed by atoms with van der Waals surface area (Å²) in [4.78, 5) is 32.5. The normalized spacial score (nSPS) is 15.1. The van der Waals surface area contributed by atoms with E-state index in [1.54, 1.807) is 0 Å². The summed E-state index contributed by atoms with van der Waals surface area (Å²) in [5, 5.41) is 3.07. The number of carbonyl (C=O) groups excluding carboxylic acids is 2. The van der Waals surface area contributed by atoms with Gasteiger partial charge in [-0.25, -0.2) is 4.98 Å². The van der Waals surface area contributed by atoms with Crippen LogP contribution in [0.25, 0.3) is 22.6 Å². The fourth-order valence-corrected chi connectivity index (χ4v) is 4.94. The predicted octanol–water partition coefficient (Wildman–Crippen LogP) is 5.92. The Morgan fingerprint density at radius 3 is 2.30 bits per heavy atom. The molecule has 1 aromatic heterocycles. The smallest absolute Gasteiger partial charge is 0.253 e. The van der Waals surface area contributed by atoms with E-state index >= 15 is 0 Å². The van der Waals surface area contributed by atoms with Crippen LogP contribution in [0.2, 0.25) is 0 Å². The molecule has 0 saturated carbocycles. The summed E-state index contributed by atoms with van der Waals surface area (Å²) in [6.07, 6.45) is 1.63. The average Bonchev–Trinajstić information content (AvgIpc) is 3.36. The van der Waals surface area contributed by atoms with Crippen molar-refractivity contribution in [2.45, 2.75) is 40.2 Å². The predicted molar refractivity (Wildman–Crippen MR) is 145 cm³/mol. The van der Waals surface area contributed by atoms with E-state index in [2.05, 4.69) is 29.4 Å². The number of nitrogens with zero attached hydrogens (tertiary/aromatic N) is 2. The van der Waals surface area contributed by atoms with Gasteiger partial charge in [-0.15, -0.1) is 0 Å². The lowest BCUT2D eigenvalue weighted by atomic mass is 9.84. The maximum absolute atomic E-state index is 13.2. The Kier molecular flexibility index (Phi) is 7.08. The first-order chi connectivity index (χ1) is 17.9. The molecule has 1 aliphatic rings. The summed E-state index contributed by atoms with van der Waals surface area (Å²) in [5.74, 6) is 0.796. The zero-order valence-electron chi connectivity index (χ0n) is 21.7. The minimum atomic E-state index is -0.0885. The molecule has 5 rings (SSSR count). The van der Waals surface area contributed by atoms with Crippen molar-refractivity contribution in [2.24, 2.45) is 11.8 Å². The van der Waals surface area contributed by atoms with Gasteiger partial charge in [-0.1, -0.05) is 54.4 Å². The minimum Gasteiger partial charge on any atom is -0.436 e. The quantitative estimate of drug-likeness (QED) is 0.360. The van der Waals surface area contributed by atoms with Gasteiger partial charge in [0, 0.05) is 36.7 Å². The number of fused-ring (bicyclic) bond motifs is 1. The van der Waals surface area contributed by atoms with Crippen LogP contribution in [0.4, 0.5) is 0 Å². The van der Waals surface area contributed by atoms with Gasteiger partial charge in [0.1, 0.15) is 5.52 Å². The van der Waals surface area contributed by atoms with Crippen molar-refractivity contribution in [3.05, 3.63) is 89.0 Å². The molecule has 3 aromatic carbocycles. The van der Waals surface area contributed by atoms with Gasteiger partial charge in [0.2, 0.25) is 11.8 Å². The Labute approximate surface area is 217 Å². The fourth-order valence-electron chi connectivity index (χ4n) is 4.94. The first kappa shape index (κ1) is 24.8. The number of aryl methyl sites for hydroxylation is 2. The summed E-state index contributed by atoms with van der Waals surface area (Å²) >= 11 is 0. The van der Waals surface area contributed by atoms with Crippen LogP contribution in [-0.4, -0.2) is 34.8 Å². The molecular formula is C31H33N3O3. The molecule has 190 valence electrons. The zero-order chi connectivity index (χ0) is 25.9. The van der Waals surface area contributed by atoms with Gasteiger partial charge in [0.15, 0.2) is 5.58 Å². The summed E-state index contributed by atoms with van der Waals surface area (Å²) in [7, 11) is 0. The van der Waals surface area contributed by atoms with Gasteiger partial charge < -0.3 is 14.6 Å². The molecule has 0 spiro atoms. The second-order valence-corrected chi connectivity index (χ2v) is 10.2. The standard InChI is InChI=1S/C31H33N3O3/c1-20-4-8-23(9-5-20)19-32-29(35)22(3)24-14-16-34(17-15-24)31(36)26-12-13-28-27(18-26)33-30(37-28)25-10-6-21(2)7-11-25/h4-13,18,22,24H,14-17,19H2,1-3H3,(H,32,35)/t22-/m0/s1. The molecule has 1 N–H and O–H groups in total. The number of hydrogen-bond acceptors (Lipinski definition) is 4. The lowest BCUT2D eigenvalue weighted by molar-refractivity contribution is -0.126. The van der Waals surface area contributed by atoms with Crippen molar-refractivity contribution in [3.63, 3.8) is 0 Å². The van der Waals surface area contributed by atoms with Crippen LogP contribution in [0.1, 0.15) is 46.8 Å². The maximum atomic E-state index is 13.2. The van der Waals surface area contributed by atoms with Crippen LogP contribution < -0.4 is 5.32 Å². The fraction of sp³-hybridized carbons (Fsp3) is 0.323. The molecule has 0 bridgehead atoms. The third kappa shape index (κ3) is 5.58. The van der Waals surface area contributed by atoms with E-state index in [0.29, 0.717) is 42.2 Å². The molecule has 6 nitrogen and oxygen atoms in total. The van der Waals surface area contributed by atoms with Crippen molar-refractivity contribution in [2.75, 3.05) is 13.1 Å². The van der Waals surface area contributed by atoms with Crippen molar-refractivity contribution in [1.29, 1.82) is 0 Å². The number of carbonyl (C=O) groups is 2. The van der Waals surface area contributed by atoms with Crippen LogP contribution in [0.3, 0.4) is 0 Å². The molecule has 0 unspecified atom stereocenters. The number of aromatic nitrogens is 1. The van der Waals surface area contributed by atoms with Crippen LogP contribution in [-0.2, 0) is 11.3 Å². The highest BCUT2D eigenvalue weighted by Gasteiger charge is 2.30. The first-order valence-electron chi connectivity index (χ1n) is 13.0. The third-order valence-corrected chi connectivity index (χ3v) is 7.47. The van der Waals surface area contributed by atoms with Gasteiger partial charge in [-0.05, 0) is 68.5 Å². The summed E-state index contributed by atoms with van der Waals surface area (Å²) in [5.41, 5.74) is 6.34. The number of amides is 2. The summed E-state index contributed by atoms with van der Waals surface area (Å²) < 4.78 is 5.92. The van der Waals surface area contributed by atoms with Crippen LogP contribution >= 0.6 is 0 Å². The number of benzene rings is 3. The lowest BCUT2D eigenvalue weighted by Crippen LogP contribution is -2.42. The highest BCUT2D eigenvalue weighted by Crippen LogP contribution is 2.28. The highest BCUT2D eigenvalue weighted by atomic mass is 16.3. The number of rotatable bonds is 6. The molecule has 37 heavy (non-hydrogen) atoms. The van der Waals surface area contributed by atoms with Crippen molar-refractivity contribution in [1.82, 2.24) is 15.2 Å². The Hall–Kier alpha value is -3.93. The first-order valence-corrected chi connectivity index (χ1v) is 13.0. The zero-order valence-corrected chi connectivity index (χ0v) is 21.7. The Morgan fingerprint density at radius 1 is 0.973 bits per heavy atom. The van der Waals surface area contributed by atoms with Crippen molar-refractivity contribution < 1.29 is 14.0 Å². The van der Waals surface area contributed by atoms with E-state index in [9.17, 15) is 9.59 Å². The molecule has 1 saturated heterocycles. The van der Waals surface area contributed by atoms with Gasteiger partial charge in [0.25, 0.3) is 5.91 Å². The lowest BCUT2D eigenvalue weighted by Gasteiger charge is -2.34. The number of hydrogen-bond donors (Lipinski definition) is 1. The molecule has 4 aromatic rings. The van der Waals surface area contributed by atoms with Gasteiger partial charge >= 0.3 is 0 Å². The monoisotopic (exact) mass is 495 g/mol. The van der Waals surface area contributed by atoms with Crippen LogP contribution in [0.5, 0.6) is 0 Å². The highest BCUT2D eigenvalue weighted by molar-refractivity contribution is 5.97. The van der Waals surface area contributed by atoms with Crippen molar-refractivity contribution >= 4 is 22.9 Å². The molecule has 1 fully saturated rings. The van der Waals surface area contributed by atoms with Crippen LogP contribution in [0.15, 0.2) is 71.1 Å². The van der Waals surface area contributed by atoms with E-state index in [4.69, 9.17) is 4.42 Å². The molecule has 6 heteroatoms. The van der Waals surface area contributed by atoms with Gasteiger partial charge in [-0.2, -0.15) is 0 Å². The number of piperidine rings is 1. The largest absolute Gasteiger partial charge is 0.436 e. The minimum absolute atomic E-state index is 0.00304. The van der Waals surface area contributed by atoms with Crippen LogP contribution in [0, 0.1) is 25.7 Å². The summed E-state index contributed by atoms with van der Waals surface area (Å²) in [6.45, 7) is 7.91. The third-order valence-electron chi connectivity index (χ3n) is 7.47. The van der Waals surface area contributed by atoms with E-state index < -0.39 is 0 Å². The molecular weight excluding hydrogens is 462 g/mol. The molecule has 1 aliphatic heterocycles. The number of nitrogens with one attached hydrogen (secondary N) is 1. The second-order valence-electron chi connectivity index (χ2n) is 10.2. The molecule has 0 radical (unpaired) electrons. The topological polar surface area (TPSA) is 75.4 Å². The Bertz CT molecular complexity index is 1400. The number of oxazole rings is 1. The second kappa shape index (κ2) is 10.6. The maximum Gasteiger partial charge on any atom is 0.253 e. The van der Waals surface area contributed by atoms with E-state index in [-0.39, 0.29) is 23.7 Å². The SMILES string of the molecule is Cc1ccc(CNC(=O)[C@@H](C)C2CCN(C(=O)c3ccc4oc(-c5ccc(C)cc5)nc4c3)CC2)cc1. The molecule has 0 aliphatic carbocycles. The summed E-state index contributed by atoms with van der Waals surface area (Å²) in [6, 6.07) is 21.7. The van der Waals surface area contributed by atoms with Crippen molar-refractivity contribution in [3.8, 4) is 11.5 Å². The van der Waals surface area contributed by atoms with E-state index in [0.717, 1.165) is 24.0 Å². The molecule has 1 atom stereocenters. The number of likely N-dealkylation sites (tertiary alicyclic amines) is 1. The average molecular weight is 496 g/mol. The van der Waals surface area contributed by atoms with Gasteiger partial charge in [0.05, 0.1) is 0 Å². The van der Waals surface area contributed by atoms with Gasteiger partial charge in [-0.3, -0.25) is 9.59 Å². The van der Waals surface area contributed by atoms with E-state index in [1.807, 2.05) is 73.3 Å². The Balaban J connectivity index is 1.17. The van der Waals surface area contributed by atoms with E-state index in [1.165, 1.54) is 11.1 Å². The molecule has 2 amide bonds. The Morgan fingerprint density at radius 2 is 1.62 bits per heavy atom.